The highest BCUT2D eigenvalue weighted by molar-refractivity contribution is 5.75. The Bertz CT molecular complexity index is 585. The summed E-state index contributed by atoms with van der Waals surface area (Å²) >= 11 is 0. The molecular weight excluding hydrogens is 212 g/mol. The van der Waals surface area contributed by atoms with Gasteiger partial charge in [-0.1, -0.05) is 32.0 Å². The van der Waals surface area contributed by atoms with Crippen LogP contribution in [0.5, 0.6) is 0 Å². The van der Waals surface area contributed by atoms with Crippen LogP contribution >= 0.6 is 0 Å². The molecule has 0 radical (unpaired) electrons. The van der Waals surface area contributed by atoms with Gasteiger partial charge < -0.3 is 10.7 Å². The molecule has 0 saturated carbocycles. The minimum Gasteiger partial charge on any atom is -0.398 e. The third-order valence-corrected chi connectivity index (χ3v) is 2.84. The zero-order valence-corrected chi connectivity index (χ0v) is 10.0. The molecule has 0 unspecified atom stereocenters. The number of benzene rings is 1. The molecule has 0 fully saturated rings. The normalized spacial score (nSPS) is 10.8. The number of hydrogen-bond acceptors (Lipinski definition) is 2. The van der Waals surface area contributed by atoms with Crippen molar-refractivity contribution >= 4 is 5.69 Å². The number of aromatic nitrogens is 1. The molecule has 0 spiro atoms. The van der Waals surface area contributed by atoms with Crippen molar-refractivity contribution in [1.29, 1.82) is 0 Å². The van der Waals surface area contributed by atoms with Gasteiger partial charge in [0, 0.05) is 23.0 Å². The predicted octanol–water partition coefficient (Wildman–Crippen LogP) is 2.75. The lowest BCUT2D eigenvalue weighted by Crippen LogP contribution is -2.10. The van der Waals surface area contributed by atoms with Crippen molar-refractivity contribution < 1.29 is 0 Å². The Labute approximate surface area is 100 Å². The van der Waals surface area contributed by atoms with Crippen LogP contribution in [0.3, 0.4) is 0 Å². The predicted molar refractivity (Wildman–Crippen MR) is 71.0 cm³/mol. The molecule has 0 bridgehead atoms. The summed E-state index contributed by atoms with van der Waals surface area (Å²) in [7, 11) is 0. The molecule has 0 saturated heterocycles. The van der Waals surface area contributed by atoms with Crippen LogP contribution in [-0.2, 0) is 0 Å². The van der Waals surface area contributed by atoms with Gasteiger partial charge in [0.25, 0.3) is 5.56 Å². The van der Waals surface area contributed by atoms with Crippen LogP contribution in [0.15, 0.2) is 41.3 Å². The van der Waals surface area contributed by atoms with Crippen molar-refractivity contribution in [2.75, 3.05) is 5.73 Å². The number of pyridine rings is 1. The van der Waals surface area contributed by atoms with Crippen LogP contribution in [-0.4, -0.2) is 4.98 Å². The summed E-state index contributed by atoms with van der Waals surface area (Å²) < 4.78 is 0. The fourth-order valence-corrected chi connectivity index (χ4v) is 1.78. The Balaban J connectivity index is 2.63. The first kappa shape index (κ1) is 11.5. The number of rotatable bonds is 2. The highest BCUT2D eigenvalue weighted by Crippen LogP contribution is 2.24. The Morgan fingerprint density at radius 3 is 2.53 bits per heavy atom. The number of anilines is 1. The van der Waals surface area contributed by atoms with Gasteiger partial charge in [-0.15, -0.1) is 0 Å². The summed E-state index contributed by atoms with van der Waals surface area (Å²) in [6.07, 6.45) is 1.76. The van der Waals surface area contributed by atoms with Crippen molar-refractivity contribution in [1.82, 2.24) is 4.98 Å². The molecule has 3 N–H and O–H groups in total. The molecule has 0 aliphatic rings. The van der Waals surface area contributed by atoms with Crippen molar-refractivity contribution in [3.05, 3.63) is 52.4 Å². The second-order valence-corrected chi connectivity index (χ2v) is 4.42. The van der Waals surface area contributed by atoms with E-state index in [1.54, 1.807) is 12.3 Å². The third-order valence-electron chi connectivity index (χ3n) is 2.84. The minimum atomic E-state index is -0.104. The van der Waals surface area contributed by atoms with Gasteiger partial charge in [0.05, 0.1) is 0 Å². The highest BCUT2D eigenvalue weighted by atomic mass is 16.1. The molecule has 0 amide bonds. The number of para-hydroxylation sites is 1. The standard InChI is InChI=1S/C14H16N2O/c1-9(2)10-7-12(14(17)16-8-10)11-5-3-4-6-13(11)15/h3-9H,15H2,1-2H3,(H,16,17). The number of nitrogen functional groups attached to an aromatic ring is 1. The molecule has 2 aromatic rings. The van der Waals surface area contributed by atoms with Crippen LogP contribution in [0.25, 0.3) is 11.1 Å². The van der Waals surface area contributed by atoms with E-state index in [0.29, 0.717) is 17.2 Å². The zero-order chi connectivity index (χ0) is 12.4. The molecule has 1 aromatic heterocycles. The van der Waals surface area contributed by atoms with E-state index in [1.165, 1.54) is 0 Å². The molecule has 1 aromatic carbocycles. The van der Waals surface area contributed by atoms with E-state index in [-0.39, 0.29) is 5.56 Å². The number of aromatic amines is 1. The first-order chi connectivity index (χ1) is 8.09. The molecule has 17 heavy (non-hydrogen) atoms. The van der Waals surface area contributed by atoms with Gasteiger partial charge in [0.2, 0.25) is 0 Å². The highest BCUT2D eigenvalue weighted by Gasteiger charge is 2.08. The van der Waals surface area contributed by atoms with Crippen molar-refractivity contribution in [3.8, 4) is 11.1 Å². The molecule has 3 heteroatoms. The molecular formula is C14H16N2O. The maximum atomic E-state index is 11.8. The van der Waals surface area contributed by atoms with Crippen LogP contribution in [0.1, 0.15) is 25.3 Å². The maximum absolute atomic E-state index is 11.8. The lowest BCUT2D eigenvalue weighted by Gasteiger charge is -2.09. The number of hydrogen-bond donors (Lipinski definition) is 2. The summed E-state index contributed by atoms with van der Waals surface area (Å²) in [4.78, 5) is 14.6. The van der Waals surface area contributed by atoms with Gasteiger partial charge in [0.15, 0.2) is 0 Å². The van der Waals surface area contributed by atoms with Crippen LogP contribution in [0.4, 0.5) is 5.69 Å². The molecule has 0 aliphatic carbocycles. The summed E-state index contributed by atoms with van der Waals surface area (Å²) in [5.41, 5.74) is 8.94. The fourth-order valence-electron chi connectivity index (χ4n) is 1.78. The number of nitrogens with two attached hydrogens (primary N) is 1. The largest absolute Gasteiger partial charge is 0.398 e. The second kappa shape index (κ2) is 4.45. The summed E-state index contributed by atoms with van der Waals surface area (Å²) in [6.45, 7) is 4.18. The first-order valence-corrected chi connectivity index (χ1v) is 5.67. The topological polar surface area (TPSA) is 58.9 Å². The third kappa shape index (κ3) is 2.23. The molecule has 0 aliphatic heterocycles. The Morgan fingerprint density at radius 1 is 1.18 bits per heavy atom. The van der Waals surface area contributed by atoms with Crippen LogP contribution in [0.2, 0.25) is 0 Å². The lowest BCUT2D eigenvalue weighted by atomic mass is 9.99. The smallest absolute Gasteiger partial charge is 0.255 e. The SMILES string of the molecule is CC(C)c1c[nH]c(=O)c(-c2ccccc2N)c1. The van der Waals surface area contributed by atoms with E-state index in [0.717, 1.165) is 11.1 Å². The van der Waals surface area contributed by atoms with Gasteiger partial charge in [-0.05, 0) is 23.6 Å². The quantitative estimate of drug-likeness (QED) is 0.776. The Hall–Kier alpha value is -2.03. The van der Waals surface area contributed by atoms with Crippen molar-refractivity contribution in [2.24, 2.45) is 0 Å². The van der Waals surface area contributed by atoms with Gasteiger partial charge in [-0.3, -0.25) is 4.79 Å². The number of H-pyrrole nitrogens is 1. The fraction of sp³-hybridized carbons (Fsp3) is 0.214. The van der Waals surface area contributed by atoms with E-state index in [1.807, 2.05) is 24.3 Å². The van der Waals surface area contributed by atoms with E-state index >= 15 is 0 Å². The van der Waals surface area contributed by atoms with Crippen LogP contribution < -0.4 is 11.3 Å². The molecule has 0 atom stereocenters. The van der Waals surface area contributed by atoms with Crippen molar-refractivity contribution in [2.45, 2.75) is 19.8 Å². The Morgan fingerprint density at radius 2 is 1.88 bits per heavy atom. The van der Waals surface area contributed by atoms with Gasteiger partial charge in [0.1, 0.15) is 0 Å². The van der Waals surface area contributed by atoms with Gasteiger partial charge in [-0.25, -0.2) is 0 Å². The van der Waals surface area contributed by atoms with Gasteiger partial charge >= 0.3 is 0 Å². The minimum absolute atomic E-state index is 0.104. The van der Waals surface area contributed by atoms with E-state index in [2.05, 4.69) is 18.8 Å². The van der Waals surface area contributed by atoms with Gasteiger partial charge in [-0.2, -0.15) is 0 Å². The molecule has 88 valence electrons. The Kier molecular flexibility index (Phi) is 3.00. The summed E-state index contributed by atoms with van der Waals surface area (Å²) in [6, 6.07) is 9.32. The van der Waals surface area contributed by atoms with E-state index < -0.39 is 0 Å². The molecule has 3 nitrogen and oxygen atoms in total. The monoisotopic (exact) mass is 228 g/mol. The van der Waals surface area contributed by atoms with Crippen LogP contribution in [0, 0.1) is 0 Å². The van der Waals surface area contributed by atoms with Crippen molar-refractivity contribution in [3.63, 3.8) is 0 Å². The summed E-state index contributed by atoms with van der Waals surface area (Å²) in [5.74, 6) is 0.371. The molecule has 1 heterocycles. The average molecular weight is 228 g/mol. The molecule has 2 rings (SSSR count). The van der Waals surface area contributed by atoms with E-state index in [9.17, 15) is 4.79 Å². The number of nitrogens with one attached hydrogen (secondary N) is 1. The zero-order valence-electron chi connectivity index (χ0n) is 10.0. The maximum Gasteiger partial charge on any atom is 0.255 e. The van der Waals surface area contributed by atoms with E-state index in [4.69, 9.17) is 5.73 Å². The lowest BCUT2D eigenvalue weighted by molar-refractivity contribution is 0.856. The second-order valence-electron chi connectivity index (χ2n) is 4.42. The first-order valence-electron chi connectivity index (χ1n) is 5.67. The average Bonchev–Trinajstić information content (AvgIpc) is 2.30. The summed E-state index contributed by atoms with van der Waals surface area (Å²) in [5, 5.41) is 0.